The predicted molar refractivity (Wildman–Crippen MR) is 46.5 cm³/mol. The second-order valence-corrected chi connectivity index (χ2v) is 2.57. The highest BCUT2D eigenvalue weighted by Gasteiger charge is 2.21. The zero-order valence-corrected chi connectivity index (χ0v) is 6.76. The van der Waals surface area contributed by atoms with Gasteiger partial charge in [-0.3, -0.25) is 0 Å². The van der Waals surface area contributed by atoms with Crippen LogP contribution >= 0.6 is 0 Å². The highest BCUT2D eigenvalue weighted by molar-refractivity contribution is 6.13. The summed E-state index contributed by atoms with van der Waals surface area (Å²) in [5.74, 6) is 0. The van der Waals surface area contributed by atoms with Crippen LogP contribution in [0.4, 0.5) is 0 Å². The Bertz CT molecular complexity index is 271. The maximum Gasteiger partial charge on any atom is 0.432 e. The van der Waals surface area contributed by atoms with E-state index in [9.17, 15) is 0 Å². The zero-order chi connectivity index (χ0) is 8.43. The van der Waals surface area contributed by atoms with Crippen LogP contribution in [0.25, 0.3) is 11.1 Å². The van der Waals surface area contributed by atoms with Gasteiger partial charge in [-0.05, 0) is 36.1 Å². The third kappa shape index (κ3) is 1.44. The predicted octanol–water partition coefficient (Wildman–Crippen LogP) is 0.521. The quantitative estimate of drug-likeness (QED) is 0.537. The normalized spacial score (nSPS) is 9.82. The first-order valence-corrected chi connectivity index (χ1v) is 3.54. The van der Waals surface area contributed by atoms with E-state index in [1.165, 1.54) is 22.3 Å². The second-order valence-electron chi connectivity index (χ2n) is 2.57. The van der Waals surface area contributed by atoms with Gasteiger partial charge in [-0.2, -0.15) is 0 Å². The minimum Gasteiger partial charge on any atom is -0.430 e. The lowest BCUT2D eigenvalue weighted by molar-refractivity contribution is 0.448. The van der Waals surface area contributed by atoms with Crippen LogP contribution in [0.3, 0.4) is 0 Å². The van der Waals surface area contributed by atoms with Crippen LogP contribution in [0.1, 0.15) is 11.1 Å². The molecule has 0 aromatic heterocycles. The Labute approximate surface area is 66.8 Å². The third-order valence-electron chi connectivity index (χ3n) is 1.88. The molecular weight excluding hydrogens is 139 g/mol. The van der Waals surface area contributed by atoms with Crippen molar-refractivity contribution in [2.45, 2.75) is 13.8 Å². The van der Waals surface area contributed by atoms with Crippen molar-refractivity contribution in [2.24, 2.45) is 0 Å². The molecule has 0 heterocycles. The van der Waals surface area contributed by atoms with E-state index in [1.54, 1.807) is 0 Å². The molecule has 2 rings (SSSR count). The summed E-state index contributed by atoms with van der Waals surface area (Å²) in [4.78, 5) is 0. The van der Waals surface area contributed by atoms with Gasteiger partial charge in [0.1, 0.15) is 0 Å². The molecule has 2 aliphatic carbocycles. The number of hydrogen-bond acceptors (Lipinski definition) is 2. The number of hydrogen-bond donors (Lipinski definition) is 2. The molecule has 11 heavy (non-hydrogen) atoms. The van der Waals surface area contributed by atoms with Gasteiger partial charge in [-0.25, -0.2) is 0 Å². The monoisotopic (exact) mass is 150 g/mol. The molecule has 3 heteroatoms. The molecule has 58 valence electrons. The van der Waals surface area contributed by atoms with Gasteiger partial charge in [0.05, 0.1) is 0 Å². The summed E-state index contributed by atoms with van der Waals surface area (Å²) in [6.07, 6.45) is 0. The first kappa shape index (κ1) is 8.30. The van der Waals surface area contributed by atoms with E-state index in [2.05, 4.69) is 26.0 Å². The maximum atomic E-state index is 7.12. The molecule has 0 unspecified atom stereocenters. The SMILES string of the molecule is Cc1ccc2c(C)c1-2.OBO. The van der Waals surface area contributed by atoms with E-state index in [4.69, 9.17) is 10.0 Å². The Morgan fingerprint density at radius 3 is 1.91 bits per heavy atom. The maximum absolute atomic E-state index is 7.12. The first-order valence-electron chi connectivity index (χ1n) is 3.54. The van der Waals surface area contributed by atoms with Crippen molar-refractivity contribution in [1.29, 1.82) is 0 Å². The van der Waals surface area contributed by atoms with Gasteiger partial charge >= 0.3 is 7.69 Å². The van der Waals surface area contributed by atoms with Gasteiger partial charge < -0.3 is 10.0 Å². The summed E-state index contributed by atoms with van der Waals surface area (Å²) in [6, 6.07) is 4.37. The molecule has 2 N–H and O–H groups in total. The van der Waals surface area contributed by atoms with Gasteiger partial charge in [0, 0.05) is 0 Å². The number of aryl methyl sites for hydroxylation is 2. The molecule has 0 fully saturated rings. The van der Waals surface area contributed by atoms with Crippen molar-refractivity contribution in [2.75, 3.05) is 0 Å². The van der Waals surface area contributed by atoms with Crippen LogP contribution in [-0.4, -0.2) is 17.7 Å². The van der Waals surface area contributed by atoms with Crippen molar-refractivity contribution < 1.29 is 10.0 Å². The topological polar surface area (TPSA) is 40.5 Å². The minimum absolute atomic E-state index is 0.750. The van der Waals surface area contributed by atoms with Crippen molar-refractivity contribution in [3.63, 3.8) is 0 Å². The van der Waals surface area contributed by atoms with Crippen molar-refractivity contribution in [1.82, 2.24) is 0 Å². The molecule has 0 atom stereocenters. The number of rotatable bonds is 0. The molecule has 0 radical (unpaired) electrons. The molecule has 2 aliphatic rings. The smallest absolute Gasteiger partial charge is 0.430 e. The van der Waals surface area contributed by atoms with E-state index >= 15 is 0 Å². The largest absolute Gasteiger partial charge is 0.432 e. The van der Waals surface area contributed by atoms with Crippen LogP contribution in [0.2, 0.25) is 0 Å². The van der Waals surface area contributed by atoms with Gasteiger partial charge in [-0.1, -0.05) is 12.1 Å². The molecule has 0 aromatic carbocycles. The molecule has 2 nitrogen and oxygen atoms in total. The molecule has 0 amide bonds. The van der Waals surface area contributed by atoms with E-state index in [0.717, 1.165) is 0 Å². The van der Waals surface area contributed by atoms with Crippen LogP contribution in [0.5, 0.6) is 0 Å². The fraction of sp³-hybridized carbons (Fsp3) is 0.250. The number of fused-ring (bicyclic) bond motifs is 1. The highest BCUT2D eigenvalue weighted by Crippen LogP contribution is 2.44. The standard InChI is InChI=1S/C8H8.BH3O2/c1-5-3-4-7-6(2)8(5)7;2-1-3/h3-4H,1-2H3;1-3H. The van der Waals surface area contributed by atoms with Crippen LogP contribution in [-0.2, 0) is 0 Å². The molecule has 0 saturated carbocycles. The van der Waals surface area contributed by atoms with Gasteiger partial charge in [0.15, 0.2) is 0 Å². The summed E-state index contributed by atoms with van der Waals surface area (Å²) in [7, 11) is -0.750. The average Bonchev–Trinajstić information content (AvgIpc) is 2.37. The molecule has 0 aliphatic heterocycles. The van der Waals surface area contributed by atoms with Crippen LogP contribution in [0, 0.1) is 13.8 Å². The lowest BCUT2D eigenvalue weighted by atomic mass is 10.3. The Morgan fingerprint density at radius 2 is 1.73 bits per heavy atom. The Hall–Kier alpha value is -0.795. The van der Waals surface area contributed by atoms with Crippen LogP contribution in [0.15, 0.2) is 12.1 Å². The first-order chi connectivity index (χ1) is 5.22. The van der Waals surface area contributed by atoms with E-state index in [-0.39, 0.29) is 0 Å². The summed E-state index contributed by atoms with van der Waals surface area (Å²) < 4.78 is 0. The second kappa shape index (κ2) is 3.07. The fourth-order valence-electron chi connectivity index (χ4n) is 1.31. The molecule has 0 aromatic rings. The lowest BCUT2D eigenvalue weighted by Crippen LogP contribution is -1.75. The minimum atomic E-state index is -0.750. The fourth-order valence-corrected chi connectivity index (χ4v) is 1.31. The Balaban J connectivity index is 0.000000179. The highest BCUT2D eigenvalue weighted by atomic mass is 16.4. The summed E-state index contributed by atoms with van der Waals surface area (Å²) >= 11 is 0. The van der Waals surface area contributed by atoms with Gasteiger partial charge in [0.25, 0.3) is 0 Å². The van der Waals surface area contributed by atoms with Crippen molar-refractivity contribution >= 4 is 7.69 Å². The summed E-state index contributed by atoms with van der Waals surface area (Å²) in [6.45, 7) is 4.34. The third-order valence-corrected chi connectivity index (χ3v) is 1.88. The Morgan fingerprint density at radius 1 is 1.18 bits per heavy atom. The molecule has 0 saturated heterocycles. The summed E-state index contributed by atoms with van der Waals surface area (Å²) in [5.41, 5.74) is 5.95. The summed E-state index contributed by atoms with van der Waals surface area (Å²) in [5, 5.41) is 14.2. The van der Waals surface area contributed by atoms with E-state index < -0.39 is 7.69 Å². The Kier molecular flexibility index (Phi) is 2.32. The number of benzene rings is 1. The zero-order valence-electron chi connectivity index (χ0n) is 6.76. The van der Waals surface area contributed by atoms with Crippen molar-refractivity contribution in [3.05, 3.63) is 23.3 Å². The molecule has 0 bridgehead atoms. The van der Waals surface area contributed by atoms with E-state index in [0.29, 0.717) is 0 Å². The molecular formula is C8H11BO2. The van der Waals surface area contributed by atoms with Gasteiger partial charge in [0.2, 0.25) is 0 Å². The van der Waals surface area contributed by atoms with E-state index in [1.807, 2.05) is 0 Å². The van der Waals surface area contributed by atoms with Crippen LogP contribution < -0.4 is 0 Å². The lowest BCUT2D eigenvalue weighted by Gasteiger charge is -1.74. The molecule has 0 spiro atoms. The average molecular weight is 150 g/mol. The van der Waals surface area contributed by atoms with Crippen molar-refractivity contribution in [3.8, 4) is 11.1 Å². The van der Waals surface area contributed by atoms with Gasteiger partial charge in [-0.15, -0.1) is 0 Å².